The van der Waals surface area contributed by atoms with Crippen LogP contribution in [0.4, 0.5) is 0 Å². The lowest BCUT2D eigenvalue weighted by atomic mass is 10.4. The molecule has 0 saturated carbocycles. The monoisotopic (exact) mass is 428 g/mol. The minimum absolute atomic E-state index is 0.0221. The molecular weight excluding hydrogens is 413 g/mol. The van der Waals surface area contributed by atoms with Crippen LogP contribution in [0.1, 0.15) is 32.2 Å². The average molecular weight is 429 g/mol. The summed E-state index contributed by atoms with van der Waals surface area (Å²) >= 11 is 8.23. The van der Waals surface area contributed by atoms with Crippen molar-refractivity contribution in [1.29, 1.82) is 0 Å². The van der Waals surface area contributed by atoms with E-state index in [0.29, 0.717) is 23.2 Å². The quantitative estimate of drug-likeness (QED) is 0.424. The van der Waals surface area contributed by atoms with Crippen LogP contribution in [0.15, 0.2) is 0 Å². The molecule has 20 heavy (non-hydrogen) atoms. The van der Waals surface area contributed by atoms with E-state index < -0.39 is 0 Å². The molecule has 1 unspecified atom stereocenters. The smallest absolute Gasteiger partial charge is 0.303 e. The maximum absolute atomic E-state index is 10.8. The minimum Gasteiger partial charge on any atom is -0.459 e. The Labute approximate surface area is 137 Å². The lowest BCUT2D eigenvalue weighted by Crippen LogP contribution is -2.03. The number of aryl methyl sites for hydroxylation is 1. The summed E-state index contributed by atoms with van der Waals surface area (Å²) in [7, 11) is 0. The van der Waals surface area contributed by atoms with Crippen molar-refractivity contribution in [1.82, 2.24) is 19.5 Å². The fourth-order valence-electron chi connectivity index (χ4n) is 1.40. The first-order valence-corrected chi connectivity index (χ1v) is 10.4. The van der Waals surface area contributed by atoms with Crippen LogP contribution >= 0.6 is 40.0 Å². The van der Waals surface area contributed by atoms with Crippen LogP contribution in [-0.2, 0) is 16.1 Å². The van der Waals surface area contributed by atoms with Gasteiger partial charge in [-0.25, -0.2) is 14.4 Å². The van der Waals surface area contributed by atoms with Crippen LogP contribution in [0.25, 0.3) is 11.2 Å². The number of halogens is 2. The van der Waals surface area contributed by atoms with Gasteiger partial charge in [0, 0.05) is 6.92 Å². The molecule has 1 atom stereocenters. The molecule has 0 spiro atoms. The van der Waals surface area contributed by atoms with Crippen molar-refractivity contribution in [3.05, 3.63) is 16.5 Å². The third kappa shape index (κ3) is 3.99. The van der Waals surface area contributed by atoms with Gasteiger partial charge < -0.3 is 4.74 Å². The van der Waals surface area contributed by atoms with Gasteiger partial charge in [0.25, 0.3) is 0 Å². The van der Waals surface area contributed by atoms with Crippen LogP contribution in [0.2, 0.25) is 5.15 Å². The summed E-state index contributed by atoms with van der Waals surface area (Å²) in [5.74, 6) is -0.380. The van der Waals surface area contributed by atoms with E-state index in [9.17, 15) is 4.79 Å². The molecule has 0 aliphatic carbocycles. The molecular formula is C11H15ClIN4O2P. The van der Waals surface area contributed by atoms with Crippen LogP contribution in [0.5, 0.6) is 0 Å². The van der Waals surface area contributed by atoms with Gasteiger partial charge in [-0.1, -0.05) is 25.4 Å². The zero-order valence-electron chi connectivity index (χ0n) is 11.6. The minimum atomic E-state index is -0.380. The summed E-state index contributed by atoms with van der Waals surface area (Å²) < 4.78 is 6.63. The number of fused-ring (bicyclic) bond motifs is 1. The van der Waals surface area contributed by atoms with Gasteiger partial charge in [0.2, 0.25) is 0 Å². The van der Waals surface area contributed by atoms with Crippen molar-refractivity contribution in [3.8, 4) is 0 Å². The van der Waals surface area contributed by atoms with Gasteiger partial charge in [-0.2, -0.15) is 5.10 Å². The second-order valence-electron chi connectivity index (χ2n) is 3.50. The largest absolute Gasteiger partial charge is 0.459 e. The Morgan fingerprint density at radius 1 is 1.45 bits per heavy atom. The van der Waals surface area contributed by atoms with Crippen LogP contribution in [0.3, 0.4) is 0 Å². The topological polar surface area (TPSA) is 69.9 Å². The van der Waals surface area contributed by atoms with E-state index in [1.165, 1.54) is 6.92 Å². The molecule has 6 nitrogen and oxygen atoms in total. The first-order chi connectivity index (χ1) is 9.52. The van der Waals surface area contributed by atoms with E-state index in [1.54, 1.807) is 4.45 Å². The molecule has 2 aromatic rings. The van der Waals surface area contributed by atoms with E-state index in [-0.39, 0.29) is 17.7 Å². The highest BCUT2D eigenvalue weighted by molar-refractivity contribution is 14.2. The van der Waals surface area contributed by atoms with Crippen LogP contribution in [-0.4, -0.2) is 25.5 Å². The second-order valence-corrected chi connectivity index (χ2v) is 5.89. The molecule has 110 valence electrons. The lowest BCUT2D eigenvalue weighted by molar-refractivity contribution is -0.142. The zero-order chi connectivity index (χ0) is 15.3. The molecule has 0 fully saturated rings. The number of hydrogen-bond donors (Lipinski definition) is 0. The number of esters is 1. The van der Waals surface area contributed by atoms with E-state index in [1.807, 2.05) is 20.8 Å². The van der Waals surface area contributed by atoms with Gasteiger partial charge in [0.15, 0.2) is 10.8 Å². The maximum atomic E-state index is 10.8. The second kappa shape index (κ2) is 8.05. The molecule has 0 aliphatic rings. The Hall–Kier alpha value is -0.530. The first-order valence-electron chi connectivity index (χ1n) is 5.94. The van der Waals surface area contributed by atoms with Gasteiger partial charge in [0.05, 0.1) is 12.1 Å². The standard InChI is InChI=1S/C9H9ClIN4O2P.C2H6/c1-4-7-9(15(14-4)18-11)13-8(10)6(12-7)3-17-5(2)16;1-2/h18H,3H2,1-2H3;1-2H3. The Balaban J connectivity index is 0.000000956. The zero-order valence-corrected chi connectivity index (χ0v) is 15.5. The highest BCUT2D eigenvalue weighted by Gasteiger charge is 2.14. The molecule has 0 radical (unpaired) electrons. The van der Waals surface area contributed by atoms with Crippen molar-refractivity contribution in [3.63, 3.8) is 0 Å². The average Bonchev–Trinajstić information content (AvgIpc) is 2.74. The van der Waals surface area contributed by atoms with Crippen molar-refractivity contribution in [2.24, 2.45) is 0 Å². The molecule has 0 bridgehead atoms. The Bertz CT molecular complexity index is 620. The predicted octanol–water partition coefficient (Wildman–Crippen LogP) is 3.67. The highest BCUT2D eigenvalue weighted by atomic mass is 127. The molecule has 0 saturated heterocycles. The molecule has 2 rings (SSSR count). The SMILES string of the molecule is CC.CC(=O)OCc1nc2c(C)nn(PI)c2nc1Cl. The summed E-state index contributed by atoms with van der Waals surface area (Å²) in [6.07, 6.45) is 0.424. The molecule has 0 N–H and O–H groups in total. The van der Waals surface area contributed by atoms with Gasteiger partial charge in [-0.3, -0.25) is 4.79 Å². The predicted molar refractivity (Wildman–Crippen MR) is 89.6 cm³/mol. The van der Waals surface area contributed by atoms with E-state index in [2.05, 4.69) is 37.1 Å². The number of aromatic nitrogens is 4. The number of nitrogens with zero attached hydrogens (tertiary/aromatic N) is 4. The van der Waals surface area contributed by atoms with Crippen molar-refractivity contribution in [2.45, 2.75) is 34.3 Å². The number of rotatable bonds is 3. The maximum Gasteiger partial charge on any atom is 0.303 e. The molecule has 0 amide bonds. The fraction of sp³-hybridized carbons (Fsp3) is 0.455. The number of hydrogen-bond acceptors (Lipinski definition) is 5. The van der Waals surface area contributed by atoms with E-state index in [4.69, 9.17) is 16.3 Å². The molecule has 0 aromatic carbocycles. The third-order valence-corrected chi connectivity index (χ3v) is 4.33. The van der Waals surface area contributed by atoms with Gasteiger partial charge >= 0.3 is 5.97 Å². The number of carbonyl (C=O) groups excluding carboxylic acids is 1. The van der Waals surface area contributed by atoms with Gasteiger partial charge in [-0.05, 0) is 29.0 Å². The first kappa shape index (κ1) is 17.5. The number of carbonyl (C=O) groups is 1. The molecule has 9 heteroatoms. The number of ether oxygens (including phenoxy) is 1. The Morgan fingerprint density at radius 2 is 2.10 bits per heavy atom. The van der Waals surface area contributed by atoms with Crippen molar-refractivity contribution >= 4 is 57.1 Å². The molecule has 2 aromatic heterocycles. The molecule has 0 aliphatic heterocycles. The van der Waals surface area contributed by atoms with E-state index >= 15 is 0 Å². The fourth-order valence-corrected chi connectivity index (χ4v) is 3.01. The third-order valence-electron chi connectivity index (χ3n) is 2.19. The van der Waals surface area contributed by atoms with Gasteiger partial charge in [-0.15, -0.1) is 0 Å². The molecule has 2 heterocycles. The summed E-state index contributed by atoms with van der Waals surface area (Å²) in [5.41, 5.74) is 2.56. The van der Waals surface area contributed by atoms with Crippen LogP contribution < -0.4 is 0 Å². The summed E-state index contributed by atoms with van der Waals surface area (Å²) in [6.45, 7) is 7.21. The summed E-state index contributed by atoms with van der Waals surface area (Å²) in [6, 6.07) is 0. The van der Waals surface area contributed by atoms with Crippen molar-refractivity contribution in [2.75, 3.05) is 0 Å². The normalized spacial score (nSPS) is 10.7. The van der Waals surface area contributed by atoms with Crippen molar-refractivity contribution < 1.29 is 9.53 Å². The van der Waals surface area contributed by atoms with E-state index in [0.717, 1.165) is 5.69 Å². The highest BCUT2D eigenvalue weighted by Crippen LogP contribution is 2.29. The summed E-state index contributed by atoms with van der Waals surface area (Å²) in [5, 5.41) is 4.55. The van der Waals surface area contributed by atoms with Gasteiger partial charge in [0.1, 0.15) is 17.8 Å². The Kier molecular flexibility index (Phi) is 7.05. The Morgan fingerprint density at radius 3 is 2.65 bits per heavy atom. The van der Waals surface area contributed by atoms with Crippen LogP contribution in [0, 0.1) is 6.92 Å². The summed E-state index contributed by atoms with van der Waals surface area (Å²) in [4.78, 5) is 19.4. The lowest BCUT2D eigenvalue weighted by Gasteiger charge is -2.04.